The summed E-state index contributed by atoms with van der Waals surface area (Å²) in [5.74, 6) is -3.89. The Morgan fingerprint density at radius 2 is 0.485 bits per heavy atom. The van der Waals surface area contributed by atoms with E-state index in [0.29, 0.717) is 0 Å². The maximum Gasteiger partial charge on any atom is 0.217 e. The zero-order valence-electron chi connectivity index (χ0n) is 71.3. The molecule has 11 aliphatic heterocycles. The molecule has 11 saturated heterocycles. The van der Waals surface area contributed by atoms with Gasteiger partial charge in [0.2, 0.25) is 23.6 Å². The van der Waals surface area contributed by atoms with Crippen molar-refractivity contribution in [1.82, 2.24) is 21.3 Å². The van der Waals surface area contributed by atoms with Crippen LogP contribution >= 0.6 is 0 Å². The van der Waals surface area contributed by atoms with Gasteiger partial charge in [-0.1, -0.05) is 0 Å². The number of carbonyl (C=O) groups excluding carboxylic acids is 4. The second-order valence-electron chi connectivity index (χ2n) is 33.8. The molecule has 0 radical (unpaired) electrons. The van der Waals surface area contributed by atoms with Gasteiger partial charge in [0.1, 0.15) is 256 Å². The highest BCUT2D eigenvalue weighted by atomic mass is 16.8. The summed E-state index contributed by atoms with van der Waals surface area (Å²) >= 11 is 0. The van der Waals surface area contributed by atoms with Crippen molar-refractivity contribution in [3.8, 4) is 0 Å². The second-order valence-corrected chi connectivity index (χ2v) is 33.8. The summed E-state index contributed by atoms with van der Waals surface area (Å²) in [7, 11) is 0. The first-order valence-electron chi connectivity index (χ1n) is 42.4. The van der Waals surface area contributed by atoms with E-state index >= 15 is 0 Å². The molecule has 0 aromatic carbocycles. The van der Waals surface area contributed by atoms with E-state index in [4.69, 9.17) is 99.5 Å². The number of aliphatic hydroxyl groups is 29. The predicted molar refractivity (Wildman–Crippen MR) is 406 cm³/mol. The topological polar surface area (TPSA) is 897 Å². The van der Waals surface area contributed by atoms with Crippen molar-refractivity contribution in [2.75, 3.05) is 59.5 Å². The van der Waals surface area contributed by atoms with Crippen LogP contribution in [0.15, 0.2) is 0 Å². The molecule has 0 saturated carbocycles. The lowest BCUT2D eigenvalue weighted by Gasteiger charge is -2.52. The Kier molecular flexibility index (Phi) is 38.5. The molecular formula is C74H124N4O54. The molecule has 11 rings (SSSR count). The molecule has 0 aromatic heterocycles. The van der Waals surface area contributed by atoms with Crippen LogP contribution in [0.2, 0.25) is 0 Å². The van der Waals surface area contributed by atoms with Gasteiger partial charge in [-0.2, -0.15) is 0 Å². The van der Waals surface area contributed by atoms with Crippen molar-refractivity contribution in [1.29, 1.82) is 0 Å². The largest absolute Gasteiger partial charge is 0.394 e. The average molecular weight is 1930 g/mol. The van der Waals surface area contributed by atoms with Crippen molar-refractivity contribution in [3.63, 3.8) is 0 Å². The summed E-state index contributed by atoms with van der Waals surface area (Å²) in [5.41, 5.74) is 0. The van der Waals surface area contributed by atoms with E-state index in [0.717, 1.165) is 27.7 Å². The summed E-state index contributed by atoms with van der Waals surface area (Å²) in [6.45, 7) is -4.07. The minimum Gasteiger partial charge on any atom is -0.394 e. The third-order valence-electron chi connectivity index (χ3n) is 24.5. The number of aliphatic hydroxyl groups excluding tert-OH is 29. The molecule has 0 spiro atoms. The van der Waals surface area contributed by atoms with Gasteiger partial charge in [0, 0.05) is 27.7 Å². The molecule has 33 N–H and O–H groups in total. The monoisotopic (exact) mass is 1930 g/mol. The second kappa shape index (κ2) is 47.0. The predicted octanol–water partition coefficient (Wildman–Crippen LogP) is -22.3. The third kappa shape index (κ3) is 23.7. The molecule has 11 aliphatic rings. The summed E-state index contributed by atoms with van der Waals surface area (Å²) in [6.07, 6.45) is -107. The van der Waals surface area contributed by atoms with E-state index < -0.39 is 421 Å². The first-order chi connectivity index (χ1) is 62.4. The lowest BCUT2D eigenvalue weighted by atomic mass is 9.93. The van der Waals surface area contributed by atoms with Crippen LogP contribution in [0.3, 0.4) is 0 Å². The quantitative estimate of drug-likeness (QED) is 0.0290. The summed E-state index contributed by atoms with van der Waals surface area (Å²) in [5, 5.41) is 335. The molecule has 1 unspecified atom stereocenters. The van der Waals surface area contributed by atoms with Crippen LogP contribution in [0.25, 0.3) is 0 Å². The number of hydrogen-bond acceptors (Lipinski definition) is 54. The maximum atomic E-state index is 13.6. The molecule has 132 heavy (non-hydrogen) atoms. The Morgan fingerprint density at radius 1 is 0.212 bits per heavy atom. The highest BCUT2D eigenvalue weighted by Crippen LogP contribution is 2.42. The fourth-order valence-corrected chi connectivity index (χ4v) is 17.2. The molecule has 0 aliphatic carbocycles. The van der Waals surface area contributed by atoms with Gasteiger partial charge in [0.15, 0.2) is 69.2 Å². The first kappa shape index (κ1) is 108. The van der Waals surface area contributed by atoms with Crippen LogP contribution in [-0.4, -0.2) is 569 Å². The van der Waals surface area contributed by atoms with Crippen LogP contribution in [0, 0.1) is 0 Å². The van der Waals surface area contributed by atoms with Gasteiger partial charge in [-0.15, -0.1) is 0 Å². The van der Waals surface area contributed by atoms with E-state index in [2.05, 4.69) is 21.3 Å². The summed E-state index contributed by atoms with van der Waals surface area (Å²) in [6, 6.07) is -7.90. The Balaban J connectivity index is 0.951. The minimum absolute atomic E-state index is 0.861. The van der Waals surface area contributed by atoms with Crippen LogP contribution in [0.5, 0.6) is 0 Å². The number of amides is 4. The van der Waals surface area contributed by atoms with Crippen LogP contribution in [0.1, 0.15) is 41.5 Å². The Labute approximate surface area is 748 Å². The number of carbonyl (C=O) groups is 4. The van der Waals surface area contributed by atoms with Gasteiger partial charge < -0.3 is 269 Å². The van der Waals surface area contributed by atoms with E-state index in [9.17, 15) is 167 Å². The normalized spacial score (nSPS) is 50.4. The van der Waals surface area contributed by atoms with Crippen LogP contribution in [0.4, 0.5) is 0 Å². The zero-order valence-corrected chi connectivity index (χ0v) is 71.3. The summed E-state index contributed by atoms with van der Waals surface area (Å²) < 4.78 is 126. The molecule has 58 heteroatoms. The van der Waals surface area contributed by atoms with Gasteiger partial charge in [0.05, 0.1) is 71.7 Å². The zero-order chi connectivity index (χ0) is 97.1. The SMILES string of the molecule is CC(=O)N[C@H]1[C@H](O[C@H]2[C@H](O)[C@@H](NC(C)=O)C(O)O[C@@H]2CO[C@@H]2O[C@@H](C)[C@@H](O)[C@@H](O)[C@@H]2O)O[C@H](CO)[C@@H](O[C@@H]2O[C@H](CO[C@H]3O[C@H](CO)[C@@H](O)[C@H](O)[C@@H]3O[C@@H]3O[C@H](CO)[C@@H](O[C@@H]4O[C@H](CO)[C@H](O)[C@H](O)[C@H]4O)[C@H](O)[C@H]3NC(C)=O)[C@@H](O)[C@H](O[C@H]3O[C@H](CO)[C@@H](O)[C@H](O)[C@@H]3O[C@@H]3O[C@H](CO)[C@@H](O[C@@H]4O[C@H](CO)[C@H](O)[C@H](O)[C@H]4O)[C@H](O[C@@H]4O[C@@H](C)[C@@H](O)[C@@H](O)[C@@H]4O)[C@H]3NC(C)=O)[C@@H]2O)[C@@H]1O. The van der Waals surface area contributed by atoms with Gasteiger partial charge in [0.25, 0.3) is 0 Å². The molecule has 0 aromatic rings. The van der Waals surface area contributed by atoms with E-state index in [1.54, 1.807) is 0 Å². The lowest BCUT2D eigenvalue weighted by Crippen LogP contribution is -2.71. The highest BCUT2D eigenvalue weighted by molar-refractivity contribution is 5.74. The van der Waals surface area contributed by atoms with Crippen molar-refractivity contribution in [2.24, 2.45) is 0 Å². The van der Waals surface area contributed by atoms with Gasteiger partial charge >= 0.3 is 0 Å². The maximum absolute atomic E-state index is 13.6. The van der Waals surface area contributed by atoms with Crippen molar-refractivity contribution < 1.29 is 267 Å². The molecule has 58 nitrogen and oxygen atoms in total. The number of hydrogen-bond donors (Lipinski definition) is 33. The van der Waals surface area contributed by atoms with Crippen LogP contribution in [-0.2, 0) is 119 Å². The van der Waals surface area contributed by atoms with E-state index in [1.165, 1.54) is 13.8 Å². The van der Waals surface area contributed by atoms with Gasteiger partial charge in [-0.25, -0.2) is 0 Å². The van der Waals surface area contributed by atoms with Crippen LogP contribution < -0.4 is 21.3 Å². The Morgan fingerprint density at radius 3 is 0.924 bits per heavy atom. The van der Waals surface area contributed by atoms with Gasteiger partial charge in [-0.3, -0.25) is 19.2 Å². The first-order valence-corrected chi connectivity index (χ1v) is 42.4. The highest BCUT2D eigenvalue weighted by Gasteiger charge is 2.63. The standard InChI is InChI=1S/C74H124N4O54/c1-16-35(90)45(100)51(106)68(114-16)112-15-30-58(42(97)31(64(111)116-30)75-18(3)86)125-65-32(76-19(4)87)43(98)57(27(12-84)121-65)127-72-55(110)61(41(96)29(124-72)14-113-73-62(49(104)39(94)24(9-81)119-73)131-66-33(77-20(5)88)44(99)56(26(11-83)122-66)126-70-53(108)47(102)37(92)22(7-79)117-70)130-74-63(50(105)40(95)25(10-82)120-74)132-67-34(78-21(6)89)60(129-69-52(107)46(101)36(91)17(2)115-69)59(28(13-85)123-67)128-71-54(109)48(103)38(93)23(8-80)118-71/h16-17,22-74,79-85,90-111H,7-15H2,1-6H3,(H,75,86)(H,76,87)(H,77,88)(H,78,89)/t16-,17-,22+,23+,24+,25+,26+,27+,28+,29+,30+,31+,32+,33+,34+,35+,36+,37-,38-,39+,40+,41+,42+,43+,44+,45+,46+,47-,48-,49-,50-,51-,52-,53+,54+,55-,56+,57+,58+,59+,60+,61-,62-,63-,64?,65-,66-,67-,68+,69-,70-,71-,72-,73-,74+/m0/s1. The number of nitrogens with one attached hydrogen (secondary N) is 4. The van der Waals surface area contributed by atoms with E-state index in [-0.39, 0.29) is 0 Å². The Bertz CT molecular complexity index is 3610. The van der Waals surface area contributed by atoms with Crippen molar-refractivity contribution in [3.05, 3.63) is 0 Å². The Hall–Kier alpha value is -4.12. The average Bonchev–Trinajstić information content (AvgIpc) is 0.756. The van der Waals surface area contributed by atoms with Crippen molar-refractivity contribution in [2.45, 2.75) is 379 Å². The minimum atomic E-state index is -2.69. The molecule has 764 valence electrons. The molecular weight excluding hydrogens is 1810 g/mol. The summed E-state index contributed by atoms with van der Waals surface area (Å²) in [4.78, 5) is 52.5. The van der Waals surface area contributed by atoms with Crippen molar-refractivity contribution >= 4 is 23.6 Å². The number of rotatable bonds is 33. The lowest BCUT2D eigenvalue weighted by molar-refractivity contribution is -0.403. The fraction of sp³-hybridized carbons (Fsp3) is 0.946. The molecule has 55 atom stereocenters. The fourth-order valence-electron chi connectivity index (χ4n) is 17.2. The molecule has 11 fully saturated rings. The molecule has 11 heterocycles. The van der Waals surface area contributed by atoms with E-state index in [1.807, 2.05) is 0 Å². The molecule has 0 bridgehead atoms. The third-order valence-corrected chi connectivity index (χ3v) is 24.5. The molecule has 4 amide bonds. The number of ether oxygens (including phenoxy) is 21. The van der Waals surface area contributed by atoms with Gasteiger partial charge in [-0.05, 0) is 13.8 Å². The smallest absolute Gasteiger partial charge is 0.217 e.